The average Bonchev–Trinajstić information content (AvgIpc) is 3.02. The summed E-state index contributed by atoms with van der Waals surface area (Å²) in [5.41, 5.74) is 10.0. The molecule has 0 unspecified atom stereocenters. The SMILES string of the molecule is CC[C@](N)(CO)CCc1ccc(C(=O)CCCc2ccc(C)cc2)n1C. The summed E-state index contributed by atoms with van der Waals surface area (Å²) in [6.07, 6.45) is 4.54. The molecule has 1 atom stereocenters. The quantitative estimate of drug-likeness (QED) is 0.640. The number of aliphatic hydroxyl groups is 1. The fourth-order valence-corrected chi connectivity index (χ4v) is 3.17. The molecule has 142 valence electrons. The molecular weight excluding hydrogens is 324 g/mol. The topological polar surface area (TPSA) is 68.2 Å². The summed E-state index contributed by atoms with van der Waals surface area (Å²) in [4.78, 5) is 12.6. The molecule has 0 saturated carbocycles. The fourth-order valence-electron chi connectivity index (χ4n) is 3.17. The second-order valence-electron chi connectivity index (χ2n) is 7.41. The molecule has 0 aliphatic rings. The Morgan fingerprint density at radius 2 is 1.85 bits per heavy atom. The van der Waals surface area contributed by atoms with E-state index in [1.54, 1.807) is 0 Å². The number of hydrogen-bond acceptors (Lipinski definition) is 3. The van der Waals surface area contributed by atoms with Crippen LogP contribution in [0.1, 0.15) is 59.9 Å². The van der Waals surface area contributed by atoms with Gasteiger partial charge < -0.3 is 15.4 Å². The molecule has 0 radical (unpaired) electrons. The second kappa shape index (κ2) is 9.15. The van der Waals surface area contributed by atoms with Crippen LogP contribution in [0.3, 0.4) is 0 Å². The summed E-state index contributed by atoms with van der Waals surface area (Å²) in [6.45, 7) is 4.05. The summed E-state index contributed by atoms with van der Waals surface area (Å²) in [6, 6.07) is 12.4. The van der Waals surface area contributed by atoms with E-state index >= 15 is 0 Å². The Morgan fingerprint density at radius 1 is 1.15 bits per heavy atom. The largest absolute Gasteiger partial charge is 0.394 e. The minimum atomic E-state index is -0.539. The number of benzene rings is 1. The lowest BCUT2D eigenvalue weighted by Crippen LogP contribution is -2.43. The molecule has 26 heavy (non-hydrogen) atoms. The first-order valence-electron chi connectivity index (χ1n) is 9.51. The summed E-state index contributed by atoms with van der Waals surface area (Å²) < 4.78 is 1.97. The van der Waals surface area contributed by atoms with Crippen LogP contribution < -0.4 is 5.73 Å². The van der Waals surface area contributed by atoms with Crippen LogP contribution in [0.5, 0.6) is 0 Å². The average molecular weight is 357 g/mol. The molecule has 0 aliphatic heterocycles. The smallest absolute Gasteiger partial charge is 0.179 e. The van der Waals surface area contributed by atoms with Crippen molar-refractivity contribution in [2.75, 3.05) is 6.61 Å². The molecule has 0 spiro atoms. The van der Waals surface area contributed by atoms with Crippen LogP contribution in [-0.4, -0.2) is 27.6 Å². The zero-order chi connectivity index (χ0) is 19.2. The van der Waals surface area contributed by atoms with Gasteiger partial charge in [0.1, 0.15) is 0 Å². The number of carbonyl (C=O) groups is 1. The molecule has 3 N–H and O–H groups in total. The van der Waals surface area contributed by atoms with Crippen LogP contribution in [0.25, 0.3) is 0 Å². The second-order valence-corrected chi connectivity index (χ2v) is 7.41. The highest BCUT2D eigenvalue weighted by Crippen LogP contribution is 2.18. The lowest BCUT2D eigenvalue weighted by atomic mass is 9.92. The Bertz CT molecular complexity index is 712. The highest BCUT2D eigenvalue weighted by molar-refractivity contribution is 5.94. The number of Topliss-reactive ketones (excluding diaryl/α,β-unsaturated/α-hetero) is 1. The van der Waals surface area contributed by atoms with Crippen molar-refractivity contribution in [2.24, 2.45) is 12.8 Å². The van der Waals surface area contributed by atoms with Crippen molar-refractivity contribution >= 4 is 5.78 Å². The number of aryl methyl sites for hydroxylation is 3. The van der Waals surface area contributed by atoms with Gasteiger partial charge >= 0.3 is 0 Å². The first-order chi connectivity index (χ1) is 12.4. The number of aromatic nitrogens is 1. The number of carbonyl (C=O) groups excluding carboxylic acids is 1. The van der Waals surface area contributed by atoms with Crippen LogP contribution in [0.4, 0.5) is 0 Å². The van der Waals surface area contributed by atoms with Gasteiger partial charge in [0.15, 0.2) is 5.78 Å². The number of aliphatic hydroxyl groups excluding tert-OH is 1. The van der Waals surface area contributed by atoms with Crippen LogP contribution in [0.15, 0.2) is 36.4 Å². The molecule has 1 aromatic heterocycles. The molecule has 4 nitrogen and oxygen atoms in total. The predicted molar refractivity (Wildman–Crippen MR) is 106 cm³/mol. The van der Waals surface area contributed by atoms with Crippen molar-refractivity contribution in [1.29, 1.82) is 0 Å². The minimum absolute atomic E-state index is 0.0152. The molecule has 2 aromatic rings. The van der Waals surface area contributed by atoms with E-state index in [9.17, 15) is 9.90 Å². The lowest BCUT2D eigenvalue weighted by Gasteiger charge is -2.25. The van der Waals surface area contributed by atoms with Crippen molar-refractivity contribution in [3.05, 3.63) is 58.9 Å². The van der Waals surface area contributed by atoms with Gasteiger partial charge in [-0.15, -0.1) is 0 Å². The maximum absolute atomic E-state index is 12.6. The van der Waals surface area contributed by atoms with Gasteiger partial charge in [-0.1, -0.05) is 36.8 Å². The van der Waals surface area contributed by atoms with Crippen molar-refractivity contribution in [3.63, 3.8) is 0 Å². The highest BCUT2D eigenvalue weighted by atomic mass is 16.3. The maximum Gasteiger partial charge on any atom is 0.179 e. The number of nitrogens with two attached hydrogens (primary N) is 1. The Morgan fingerprint density at radius 3 is 2.46 bits per heavy atom. The Hall–Kier alpha value is -1.91. The molecule has 0 aliphatic carbocycles. The van der Waals surface area contributed by atoms with Crippen molar-refractivity contribution in [1.82, 2.24) is 4.57 Å². The zero-order valence-corrected chi connectivity index (χ0v) is 16.3. The monoisotopic (exact) mass is 356 g/mol. The molecule has 0 saturated heterocycles. The predicted octanol–water partition coefficient (Wildman–Crippen LogP) is 3.57. The first-order valence-corrected chi connectivity index (χ1v) is 9.51. The molecule has 1 aromatic carbocycles. The Kier molecular flexibility index (Phi) is 7.18. The third-order valence-corrected chi connectivity index (χ3v) is 5.40. The van der Waals surface area contributed by atoms with Gasteiger partial charge in [0, 0.05) is 24.7 Å². The summed E-state index contributed by atoms with van der Waals surface area (Å²) in [5.74, 6) is 0.183. The van der Waals surface area contributed by atoms with Crippen LogP contribution in [0.2, 0.25) is 0 Å². The van der Waals surface area contributed by atoms with Gasteiger partial charge in [-0.25, -0.2) is 0 Å². The minimum Gasteiger partial charge on any atom is -0.394 e. The zero-order valence-electron chi connectivity index (χ0n) is 16.3. The third-order valence-electron chi connectivity index (χ3n) is 5.40. The molecular formula is C22H32N2O2. The van der Waals surface area contributed by atoms with Crippen LogP contribution in [0, 0.1) is 6.92 Å². The summed E-state index contributed by atoms with van der Waals surface area (Å²) in [5, 5.41) is 9.45. The number of ketones is 1. The number of nitrogens with zero attached hydrogens (tertiary/aromatic N) is 1. The summed E-state index contributed by atoms with van der Waals surface area (Å²) >= 11 is 0. The van der Waals surface area contributed by atoms with Crippen molar-refractivity contribution in [3.8, 4) is 0 Å². The number of rotatable bonds is 10. The van der Waals surface area contributed by atoms with Gasteiger partial charge in [-0.05, 0) is 56.7 Å². The molecule has 0 bridgehead atoms. The molecule has 0 amide bonds. The van der Waals surface area contributed by atoms with E-state index in [2.05, 4.69) is 31.2 Å². The van der Waals surface area contributed by atoms with Crippen molar-refractivity contribution < 1.29 is 9.90 Å². The molecule has 0 fully saturated rings. The van der Waals surface area contributed by atoms with E-state index in [0.717, 1.165) is 37.1 Å². The normalized spacial score (nSPS) is 13.6. The lowest BCUT2D eigenvalue weighted by molar-refractivity contribution is 0.0972. The van der Waals surface area contributed by atoms with E-state index in [1.807, 2.05) is 30.7 Å². The Balaban J connectivity index is 1.89. The van der Waals surface area contributed by atoms with E-state index in [1.165, 1.54) is 11.1 Å². The van der Waals surface area contributed by atoms with Crippen LogP contribution >= 0.6 is 0 Å². The van der Waals surface area contributed by atoms with Crippen molar-refractivity contribution in [2.45, 2.75) is 57.9 Å². The molecule has 2 rings (SSSR count). The van der Waals surface area contributed by atoms with Gasteiger partial charge in [-0.2, -0.15) is 0 Å². The van der Waals surface area contributed by atoms with Gasteiger partial charge in [-0.3, -0.25) is 4.79 Å². The third kappa shape index (κ3) is 5.29. The Labute approximate surface area is 157 Å². The van der Waals surface area contributed by atoms with E-state index in [0.29, 0.717) is 12.8 Å². The van der Waals surface area contributed by atoms with E-state index in [-0.39, 0.29) is 12.4 Å². The first kappa shape index (κ1) is 20.4. The van der Waals surface area contributed by atoms with Gasteiger partial charge in [0.05, 0.1) is 12.3 Å². The number of hydrogen-bond donors (Lipinski definition) is 2. The van der Waals surface area contributed by atoms with Gasteiger partial charge in [0.2, 0.25) is 0 Å². The van der Waals surface area contributed by atoms with Gasteiger partial charge in [0.25, 0.3) is 0 Å². The van der Waals surface area contributed by atoms with E-state index in [4.69, 9.17) is 5.73 Å². The van der Waals surface area contributed by atoms with E-state index < -0.39 is 5.54 Å². The maximum atomic E-state index is 12.6. The fraction of sp³-hybridized carbons (Fsp3) is 0.500. The molecule has 1 heterocycles. The highest BCUT2D eigenvalue weighted by Gasteiger charge is 2.22. The summed E-state index contributed by atoms with van der Waals surface area (Å²) in [7, 11) is 1.94. The standard InChI is InChI=1S/C22H32N2O2/c1-4-22(23,16-25)15-14-19-12-13-20(24(19)3)21(26)7-5-6-18-10-8-17(2)9-11-18/h8-13,25H,4-7,14-16,23H2,1-3H3/t22-/m1/s1. The van der Waals surface area contributed by atoms with Crippen LogP contribution in [-0.2, 0) is 19.9 Å². The molecule has 4 heteroatoms.